The number of hydrogen-bond donors (Lipinski definition) is 3. The first-order valence-corrected chi connectivity index (χ1v) is 10.8. The number of anilines is 1. The smallest absolute Gasteiger partial charge is 0.407 e. The van der Waals surface area contributed by atoms with E-state index in [9.17, 15) is 18.8 Å². The summed E-state index contributed by atoms with van der Waals surface area (Å²) in [6, 6.07) is 18.1. The highest BCUT2D eigenvalue weighted by molar-refractivity contribution is 5.97. The van der Waals surface area contributed by atoms with E-state index in [0.29, 0.717) is 0 Å². The zero-order chi connectivity index (χ0) is 24.2. The van der Waals surface area contributed by atoms with E-state index in [1.807, 2.05) is 48.5 Å². The van der Waals surface area contributed by atoms with Crippen LogP contribution in [0.1, 0.15) is 40.7 Å². The zero-order valence-electron chi connectivity index (χ0n) is 18.4. The Bertz CT molecular complexity index is 1210. The number of amides is 2. The molecule has 0 radical (unpaired) electrons. The van der Waals surface area contributed by atoms with Crippen molar-refractivity contribution in [3.63, 3.8) is 0 Å². The Hall–Kier alpha value is -4.20. The molecule has 1 aliphatic carbocycles. The van der Waals surface area contributed by atoms with Gasteiger partial charge < -0.3 is 20.5 Å². The van der Waals surface area contributed by atoms with Crippen LogP contribution in [0, 0.1) is 5.82 Å². The third-order valence-corrected chi connectivity index (χ3v) is 5.83. The summed E-state index contributed by atoms with van der Waals surface area (Å²) >= 11 is 0. The molecule has 8 heteroatoms. The molecule has 3 aromatic carbocycles. The monoisotopic (exact) mass is 462 g/mol. The van der Waals surface area contributed by atoms with Crippen molar-refractivity contribution in [3.8, 4) is 11.1 Å². The second-order valence-electron chi connectivity index (χ2n) is 7.92. The molecule has 0 fully saturated rings. The summed E-state index contributed by atoms with van der Waals surface area (Å²) in [6.45, 7) is 1.79. The highest BCUT2D eigenvalue weighted by atomic mass is 19.1. The fourth-order valence-corrected chi connectivity index (χ4v) is 4.10. The number of carboxylic acid groups (broad SMARTS) is 1. The second-order valence-corrected chi connectivity index (χ2v) is 7.92. The summed E-state index contributed by atoms with van der Waals surface area (Å²) in [5.74, 6) is -2.92. The predicted octanol–water partition coefficient (Wildman–Crippen LogP) is 4.78. The van der Waals surface area contributed by atoms with Crippen LogP contribution >= 0.6 is 0 Å². The molecule has 4 rings (SSSR count). The van der Waals surface area contributed by atoms with Gasteiger partial charge in [-0.2, -0.15) is 0 Å². The molecule has 0 saturated carbocycles. The Balaban J connectivity index is 1.39. The Labute approximate surface area is 195 Å². The van der Waals surface area contributed by atoms with Crippen LogP contribution in [0.2, 0.25) is 0 Å². The number of carbonyl (C=O) groups excluding carboxylic acids is 2. The second kappa shape index (κ2) is 9.74. The molecule has 0 heterocycles. The number of fused-ring (bicyclic) bond motifs is 3. The third-order valence-electron chi connectivity index (χ3n) is 5.83. The first kappa shape index (κ1) is 23.0. The largest absolute Gasteiger partial charge is 0.478 e. The van der Waals surface area contributed by atoms with Crippen LogP contribution in [-0.4, -0.2) is 35.7 Å². The van der Waals surface area contributed by atoms with Gasteiger partial charge in [-0.15, -0.1) is 0 Å². The van der Waals surface area contributed by atoms with Gasteiger partial charge >= 0.3 is 12.1 Å². The number of carboxylic acids is 1. The van der Waals surface area contributed by atoms with E-state index in [0.717, 1.165) is 34.4 Å². The molecule has 7 nitrogen and oxygen atoms in total. The van der Waals surface area contributed by atoms with E-state index in [2.05, 4.69) is 10.6 Å². The Morgan fingerprint density at radius 2 is 1.62 bits per heavy atom. The summed E-state index contributed by atoms with van der Waals surface area (Å²) in [7, 11) is 0. The van der Waals surface area contributed by atoms with E-state index in [1.54, 1.807) is 6.92 Å². The minimum atomic E-state index is -1.28. The quantitative estimate of drug-likeness (QED) is 0.469. The maximum Gasteiger partial charge on any atom is 0.407 e. The molecule has 0 bridgehead atoms. The minimum Gasteiger partial charge on any atom is -0.478 e. The lowest BCUT2D eigenvalue weighted by atomic mass is 9.98. The number of aromatic carboxylic acids is 1. The van der Waals surface area contributed by atoms with E-state index >= 15 is 0 Å². The number of halogens is 1. The molecule has 3 N–H and O–H groups in total. The molecule has 0 aliphatic heterocycles. The van der Waals surface area contributed by atoms with Gasteiger partial charge in [0.1, 0.15) is 18.5 Å². The van der Waals surface area contributed by atoms with Crippen molar-refractivity contribution in [3.05, 3.63) is 89.2 Å². The number of ether oxygens (including phenoxy) is 1. The molecule has 1 aliphatic rings. The van der Waals surface area contributed by atoms with Crippen LogP contribution in [0.4, 0.5) is 14.9 Å². The molecule has 0 spiro atoms. The van der Waals surface area contributed by atoms with Crippen LogP contribution in [0.5, 0.6) is 0 Å². The van der Waals surface area contributed by atoms with Gasteiger partial charge in [-0.1, -0.05) is 55.5 Å². The summed E-state index contributed by atoms with van der Waals surface area (Å²) < 4.78 is 19.6. The first-order valence-electron chi connectivity index (χ1n) is 10.8. The molecule has 174 valence electrons. The number of nitrogens with one attached hydrogen (secondary N) is 2. The minimum absolute atomic E-state index is 0.100. The van der Waals surface area contributed by atoms with Crippen LogP contribution in [0.25, 0.3) is 11.1 Å². The fraction of sp³-hybridized carbons (Fsp3) is 0.192. The Morgan fingerprint density at radius 1 is 1.00 bits per heavy atom. The van der Waals surface area contributed by atoms with Gasteiger partial charge in [0.25, 0.3) is 0 Å². The van der Waals surface area contributed by atoms with Crippen molar-refractivity contribution < 1.29 is 28.6 Å². The molecular formula is C26H23FN2O5. The molecule has 0 saturated heterocycles. The Kier molecular flexibility index (Phi) is 6.58. The average Bonchev–Trinajstić information content (AvgIpc) is 3.16. The van der Waals surface area contributed by atoms with Gasteiger partial charge in [-0.3, -0.25) is 4.79 Å². The Morgan fingerprint density at radius 3 is 2.18 bits per heavy atom. The van der Waals surface area contributed by atoms with E-state index in [-0.39, 0.29) is 30.2 Å². The molecular weight excluding hydrogens is 439 g/mol. The van der Waals surface area contributed by atoms with Crippen LogP contribution in [0.3, 0.4) is 0 Å². The van der Waals surface area contributed by atoms with Crippen LogP contribution < -0.4 is 10.6 Å². The molecule has 0 unspecified atom stereocenters. The van der Waals surface area contributed by atoms with Crippen molar-refractivity contribution in [2.45, 2.75) is 25.3 Å². The van der Waals surface area contributed by atoms with E-state index in [4.69, 9.17) is 9.84 Å². The number of alkyl carbamates (subject to hydrolysis) is 1. The van der Waals surface area contributed by atoms with E-state index in [1.165, 1.54) is 6.07 Å². The fourth-order valence-electron chi connectivity index (χ4n) is 4.10. The number of carbonyl (C=O) groups is 3. The molecule has 0 aromatic heterocycles. The molecule has 1 atom stereocenters. The van der Waals surface area contributed by atoms with Gasteiger partial charge in [0, 0.05) is 5.92 Å². The van der Waals surface area contributed by atoms with Gasteiger partial charge in [-0.25, -0.2) is 14.0 Å². The SMILES string of the molecule is CC[C@@H](NC(=O)OCC1c2ccccc2-c2ccccc21)C(=O)Nc1ccc(C(=O)O)cc1F. The van der Waals surface area contributed by atoms with Gasteiger partial charge in [0.15, 0.2) is 0 Å². The summed E-state index contributed by atoms with van der Waals surface area (Å²) in [5.41, 5.74) is 3.94. The number of rotatable bonds is 7. The topological polar surface area (TPSA) is 105 Å². The van der Waals surface area contributed by atoms with Crippen molar-refractivity contribution in [2.75, 3.05) is 11.9 Å². The lowest BCUT2D eigenvalue weighted by Crippen LogP contribution is -2.44. The summed E-state index contributed by atoms with van der Waals surface area (Å²) in [6.07, 6.45) is -0.518. The third kappa shape index (κ3) is 4.61. The van der Waals surface area contributed by atoms with Crippen molar-refractivity contribution >= 4 is 23.7 Å². The van der Waals surface area contributed by atoms with E-state index < -0.39 is 29.8 Å². The average molecular weight is 462 g/mol. The highest BCUT2D eigenvalue weighted by Crippen LogP contribution is 2.44. The maximum absolute atomic E-state index is 14.1. The lowest BCUT2D eigenvalue weighted by Gasteiger charge is -2.19. The van der Waals surface area contributed by atoms with Crippen LogP contribution in [0.15, 0.2) is 66.7 Å². The van der Waals surface area contributed by atoms with Crippen LogP contribution in [-0.2, 0) is 9.53 Å². The molecule has 3 aromatic rings. The van der Waals surface area contributed by atoms with Crippen molar-refractivity contribution in [1.82, 2.24) is 5.32 Å². The van der Waals surface area contributed by atoms with Crippen molar-refractivity contribution in [1.29, 1.82) is 0 Å². The predicted molar refractivity (Wildman–Crippen MR) is 124 cm³/mol. The zero-order valence-corrected chi connectivity index (χ0v) is 18.4. The lowest BCUT2D eigenvalue weighted by molar-refractivity contribution is -0.118. The van der Waals surface area contributed by atoms with Gasteiger partial charge in [0.05, 0.1) is 11.3 Å². The summed E-state index contributed by atoms with van der Waals surface area (Å²) in [5, 5.41) is 13.8. The molecule has 2 amide bonds. The number of hydrogen-bond acceptors (Lipinski definition) is 4. The highest BCUT2D eigenvalue weighted by Gasteiger charge is 2.29. The number of benzene rings is 3. The van der Waals surface area contributed by atoms with Crippen molar-refractivity contribution in [2.24, 2.45) is 0 Å². The molecule has 34 heavy (non-hydrogen) atoms. The maximum atomic E-state index is 14.1. The van der Waals surface area contributed by atoms with Gasteiger partial charge in [-0.05, 0) is 46.9 Å². The van der Waals surface area contributed by atoms with Gasteiger partial charge in [0.2, 0.25) is 5.91 Å². The first-order chi connectivity index (χ1) is 16.4. The normalized spacial score (nSPS) is 12.9. The summed E-state index contributed by atoms with van der Waals surface area (Å²) in [4.78, 5) is 36.0. The standard InChI is InChI=1S/C26H23FN2O5/c1-2-22(24(30)28-23-12-11-15(25(31)32)13-21(23)27)29-26(33)34-14-20-18-9-5-3-7-16(18)17-8-4-6-10-19(17)20/h3-13,20,22H,2,14H2,1H3,(H,28,30)(H,29,33)(H,31,32)/t22-/m1/s1.